The largest absolute Gasteiger partial charge is 0.618 e. The molecule has 3 N–H and O–H groups in total. The van der Waals surface area contributed by atoms with Crippen molar-refractivity contribution < 1.29 is 24.2 Å². The summed E-state index contributed by atoms with van der Waals surface area (Å²) in [6, 6.07) is 3.21. The number of allylic oxidation sites excluding steroid dienone is 2. The van der Waals surface area contributed by atoms with Gasteiger partial charge in [0.15, 0.2) is 5.70 Å². The first-order valence-electron chi connectivity index (χ1n) is 10.1. The summed E-state index contributed by atoms with van der Waals surface area (Å²) in [5.74, 6) is -0.389. The number of hydrogen-bond acceptors (Lipinski definition) is 4. The molecule has 0 saturated heterocycles. The molecule has 0 spiro atoms. The maximum atomic E-state index is 12.4. The van der Waals surface area contributed by atoms with E-state index in [9.17, 15) is 14.8 Å². The molecule has 1 unspecified atom stereocenters. The van der Waals surface area contributed by atoms with Crippen molar-refractivity contribution in [3.63, 3.8) is 0 Å². The summed E-state index contributed by atoms with van der Waals surface area (Å²) in [5, 5.41) is 23.9. The number of nitrogens with one attached hydrogen (secondary N) is 2. The van der Waals surface area contributed by atoms with Crippen LogP contribution in [0.1, 0.15) is 48.3 Å². The van der Waals surface area contributed by atoms with E-state index in [1.807, 2.05) is 18.3 Å². The van der Waals surface area contributed by atoms with Gasteiger partial charge in [0, 0.05) is 31.4 Å². The highest BCUT2D eigenvalue weighted by Crippen LogP contribution is 2.30. The summed E-state index contributed by atoms with van der Waals surface area (Å²) in [7, 11) is 0. The number of H-pyrrole nitrogens is 1. The van der Waals surface area contributed by atoms with Crippen LogP contribution in [-0.2, 0) is 11.3 Å². The van der Waals surface area contributed by atoms with Crippen LogP contribution in [0.2, 0.25) is 0 Å². The molecule has 0 aromatic carbocycles. The fraction of sp³-hybridized carbons (Fsp3) is 0.381. The zero-order valence-electron chi connectivity index (χ0n) is 16.5. The summed E-state index contributed by atoms with van der Waals surface area (Å²) in [4.78, 5) is 25.4. The molecule has 0 bridgehead atoms. The summed E-state index contributed by atoms with van der Waals surface area (Å²) in [6.07, 6.45) is 10.8. The Morgan fingerprint density at radius 1 is 1.40 bits per heavy atom. The Morgan fingerprint density at radius 3 is 3.07 bits per heavy atom. The molecule has 2 aliphatic rings. The van der Waals surface area contributed by atoms with Crippen LogP contribution in [0, 0.1) is 11.1 Å². The lowest BCUT2D eigenvalue weighted by atomic mass is 9.92. The highest BCUT2D eigenvalue weighted by Gasteiger charge is 2.28. The van der Waals surface area contributed by atoms with E-state index in [-0.39, 0.29) is 23.9 Å². The minimum absolute atomic E-state index is 0.0198. The van der Waals surface area contributed by atoms with Gasteiger partial charge in [0.2, 0.25) is 12.1 Å². The van der Waals surface area contributed by atoms with Crippen LogP contribution >= 0.6 is 0 Å². The summed E-state index contributed by atoms with van der Waals surface area (Å²) in [6.45, 7) is 1.12. The standard InChI is InChI=1S/C21H24N4O5/c26-20(23-15-8-18(21(27)28)22-10-15)6-3-7-30-17-9-16-12-25(29)19-5-2-1-4-14(19)11-24(16)13-17/h5,8-10,12-14,22H,1-4,6-7,11H2,(H,23,26)(H,27,28). The molecular weight excluding hydrogens is 388 g/mol. The molecule has 1 aliphatic carbocycles. The molecule has 3 heterocycles. The normalized spacial score (nSPS) is 17.8. The van der Waals surface area contributed by atoms with E-state index in [2.05, 4.69) is 14.9 Å². The highest BCUT2D eigenvalue weighted by atomic mass is 16.5. The predicted octanol–water partition coefficient (Wildman–Crippen LogP) is 2.94. The molecule has 9 nitrogen and oxygen atoms in total. The fourth-order valence-electron chi connectivity index (χ4n) is 3.89. The maximum Gasteiger partial charge on any atom is 0.352 e. The Labute approximate surface area is 173 Å². The van der Waals surface area contributed by atoms with Crippen LogP contribution in [0.4, 0.5) is 5.69 Å². The SMILES string of the molecule is O=C(CCCOc1cc2n(c1)CC1CCCC=C1[N+]([O-])=C2)Nc1c[nH]c(C(=O)O)c1. The second kappa shape index (κ2) is 8.48. The van der Waals surface area contributed by atoms with Crippen molar-refractivity contribution in [2.75, 3.05) is 11.9 Å². The van der Waals surface area contributed by atoms with Crippen LogP contribution in [0.3, 0.4) is 0 Å². The zero-order chi connectivity index (χ0) is 21.1. The highest BCUT2D eigenvalue weighted by molar-refractivity contribution is 5.93. The molecule has 9 heteroatoms. The minimum Gasteiger partial charge on any atom is -0.618 e. The van der Waals surface area contributed by atoms with E-state index in [1.165, 1.54) is 12.3 Å². The van der Waals surface area contributed by atoms with E-state index in [1.54, 1.807) is 6.21 Å². The quantitative estimate of drug-likeness (QED) is 0.367. The number of aromatic carboxylic acids is 1. The van der Waals surface area contributed by atoms with Crippen LogP contribution < -0.4 is 10.1 Å². The van der Waals surface area contributed by atoms with Gasteiger partial charge in [-0.2, -0.15) is 4.74 Å². The minimum atomic E-state index is -1.08. The second-order valence-corrected chi connectivity index (χ2v) is 7.57. The molecule has 0 saturated carbocycles. The number of hydrogen-bond donors (Lipinski definition) is 3. The smallest absolute Gasteiger partial charge is 0.352 e. The number of carbonyl (C=O) groups excluding carboxylic acids is 1. The van der Waals surface area contributed by atoms with Gasteiger partial charge in [-0.05, 0) is 37.8 Å². The van der Waals surface area contributed by atoms with Crippen molar-refractivity contribution in [1.82, 2.24) is 9.55 Å². The van der Waals surface area contributed by atoms with E-state index >= 15 is 0 Å². The van der Waals surface area contributed by atoms with Crippen molar-refractivity contribution in [2.24, 2.45) is 5.92 Å². The third kappa shape index (κ3) is 4.40. The predicted molar refractivity (Wildman–Crippen MR) is 110 cm³/mol. The first kappa shape index (κ1) is 19.8. The van der Waals surface area contributed by atoms with E-state index in [0.29, 0.717) is 24.5 Å². The Hall–Kier alpha value is -3.49. The monoisotopic (exact) mass is 412 g/mol. The molecule has 30 heavy (non-hydrogen) atoms. The fourth-order valence-corrected chi connectivity index (χ4v) is 3.89. The van der Waals surface area contributed by atoms with Gasteiger partial charge >= 0.3 is 5.97 Å². The van der Waals surface area contributed by atoms with Crippen LogP contribution in [0.15, 0.2) is 36.3 Å². The molecule has 1 atom stereocenters. The van der Waals surface area contributed by atoms with Crippen molar-refractivity contribution in [3.8, 4) is 5.75 Å². The first-order chi connectivity index (χ1) is 14.5. The zero-order valence-corrected chi connectivity index (χ0v) is 16.5. The van der Waals surface area contributed by atoms with Crippen LogP contribution in [0.5, 0.6) is 5.75 Å². The van der Waals surface area contributed by atoms with Gasteiger partial charge in [0.25, 0.3) is 0 Å². The summed E-state index contributed by atoms with van der Waals surface area (Å²) >= 11 is 0. The number of ether oxygens (including phenoxy) is 1. The number of carbonyl (C=O) groups is 2. The topological polar surface area (TPSA) is 122 Å². The van der Waals surface area contributed by atoms with Gasteiger partial charge in [-0.25, -0.2) is 4.79 Å². The Kier molecular flexibility index (Phi) is 5.60. The van der Waals surface area contributed by atoms with Crippen molar-refractivity contribution in [3.05, 3.63) is 52.9 Å². The van der Waals surface area contributed by atoms with E-state index in [0.717, 1.165) is 41.9 Å². The number of nitrogens with zero attached hydrogens (tertiary/aromatic N) is 2. The lowest BCUT2D eigenvalue weighted by molar-refractivity contribution is -0.406. The van der Waals surface area contributed by atoms with E-state index in [4.69, 9.17) is 9.84 Å². The summed E-state index contributed by atoms with van der Waals surface area (Å²) < 4.78 is 8.80. The number of hydroxylamine groups is 1. The molecule has 1 amide bonds. The Balaban J connectivity index is 1.27. The van der Waals surface area contributed by atoms with Gasteiger partial charge in [-0.1, -0.05) is 0 Å². The Bertz CT molecular complexity index is 1020. The van der Waals surface area contributed by atoms with Crippen molar-refractivity contribution in [1.29, 1.82) is 0 Å². The molecule has 2 aromatic rings. The maximum absolute atomic E-state index is 12.4. The van der Waals surface area contributed by atoms with E-state index < -0.39 is 5.97 Å². The third-order valence-electron chi connectivity index (χ3n) is 5.37. The van der Waals surface area contributed by atoms with Crippen LogP contribution in [-0.4, -0.2) is 44.1 Å². The first-order valence-corrected chi connectivity index (χ1v) is 10.1. The molecule has 158 valence electrons. The number of aromatic amines is 1. The third-order valence-corrected chi connectivity index (χ3v) is 5.37. The molecule has 0 fully saturated rings. The average molecular weight is 412 g/mol. The van der Waals surface area contributed by atoms with Crippen LogP contribution in [0.25, 0.3) is 0 Å². The van der Waals surface area contributed by atoms with Gasteiger partial charge < -0.3 is 29.9 Å². The van der Waals surface area contributed by atoms with Gasteiger partial charge in [0.1, 0.15) is 17.1 Å². The number of rotatable bonds is 7. The molecule has 4 rings (SSSR count). The molecular formula is C21H24N4O5. The molecule has 0 radical (unpaired) electrons. The van der Waals surface area contributed by atoms with Crippen molar-refractivity contribution >= 4 is 23.8 Å². The lowest BCUT2D eigenvalue weighted by Gasteiger charge is -2.20. The Morgan fingerprint density at radius 2 is 2.27 bits per heavy atom. The molecule has 2 aromatic heterocycles. The number of carboxylic acids is 1. The van der Waals surface area contributed by atoms with Gasteiger partial charge in [-0.15, -0.1) is 0 Å². The number of anilines is 1. The van der Waals surface area contributed by atoms with Crippen molar-refractivity contribution in [2.45, 2.75) is 38.6 Å². The van der Waals surface area contributed by atoms with Gasteiger partial charge in [0.05, 0.1) is 18.2 Å². The lowest BCUT2D eigenvalue weighted by Crippen LogP contribution is -2.18. The summed E-state index contributed by atoms with van der Waals surface area (Å²) in [5.41, 5.74) is 2.11. The number of amides is 1. The number of aromatic nitrogens is 2. The molecule has 1 aliphatic heterocycles. The number of carboxylic acid groups (broad SMARTS) is 1. The second-order valence-electron chi connectivity index (χ2n) is 7.57. The van der Waals surface area contributed by atoms with Gasteiger partial charge in [-0.3, -0.25) is 4.79 Å². The average Bonchev–Trinajstić information content (AvgIpc) is 3.30. The number of fused-ring (bicyclic) bond motifs is 2.